The number of hydrogen-bond acceptors (Lipinski definition) is 2. The van der Waals surface area contributed by atoms with Gasteiger partial charge in [0.2, 0.25) is 0 Å². The van der Waals surface area contributed by atoms with Crippen LogP contribution in [-0.2, 0) is 6.18 Å². The maximum absolute atomic E-state index is 12.4. The molecule has 2 aliphatic rings. The number of anilines is 1. The summed E-state index contributed by atoms with van der Waals surface area (Å²) in [6.07, 6.45) is -3.15. The van der Waals surface area contributed by atoms with E-state index in [0.717, 1.165) is 37.3 Å². The molecule has 3 rings (SSSR count). The van der Waals surface area contributed by atoms with Crippen LogP contribution in [0.25, 0.3) is 0 Å². The molecule has 0 spiro atoms. The van der Waals surface area contributed by atoms with Crippen LogP contribution < -0.4 is 10.2 Å². The predicted octanol–water partition coefficient (Wildman–Crippen LogP) is 2.26. The van der Waals surface area contributed by atoms with Crippen molar-refractivity contribution in [3.8, 4) is 0 Å². The van der Waals surface area contributed by atoms with Gasteiger partial charge in [-0.15, -0.1) is 0 Å². The summed E-state index contributed by atoms with van der Waals surface area (Å²) >= 11 is 0. The average Bonchev–Trinajstić information content (AvgIpc) is 2.89. The highest BCUT2D eigenvalue weighted by atomic mass is 19.4. The molecule has 17 heavy (non-hydrogen) atoms. The first-order valence-corrected chi connectivity index (χ1v) is 5.71. The summed E-state index contributed by atoms with van der Waals surface area (Å²) in [6, 6.07) is 6.41. The van der Waals surface area contributed by atoms with Gasteiger partial charge in [-0.3, -0.25) is 0 Å². The van der Waals surface area contributed by atoms with E-state index in [9.17, 15) is 13.2 Å². The lowest BCUT2D eigenvalue weighted by molar-refractivity contribution is -0.137. The number of piperazine rings is 1. The smallest absolute Gasteiger partial charge is 0.366 e. The van der Waals surface area contributed by atoms with Gasteiger partial charge in [-0.05, 0) is 30.7 Å². The molecule has 0 unspecified atom stereocenters. The lowest BCUT2D eigenvalue weighted by Gasteiger charge is -2.29. The van der Waals surface area contributed by atoms with Crippen LogP contribution in [0.2, 0.25) is 0 Å². The van der Waals surface area contributed by atoms with Crippen LogP contribution in [0, 0.1) is 0 Å². The van der Waals surface area contributed by atoms with Gasteiger partial charge < -0.3 is 10.2 Å². The first kappa shape index (κ1) is 10.9. The SMILES string of the molecule is FC(F)(F)c1ccc(N2C[C@H]3C[C@H]2CN3)cc1. The molecule has 2 heterocycles. The molecule has 2 fully saturated rings. The lowest BCUT2D eigenvalue weighted by Crippen LogP contribution is -2.43. The Hall–Kier alpha value is -1.23. The molecule has 2 bridgehead atoms. The molecule has 0 aromatic heterocycles. The number of alkyl halides is 3. The average molecular weight is 242 g/mol. The molecule has 2 atom stereocenters. The van der Waals surface area contributed by atoms with Crippen LogP contribution in [0.1, 0.15) is 12.0 Å². The Bertz CT molecular complexity index is 413. The van der Waals surface area contributed by atoms with Crippen molar-refractivity contribution in [2.75, 3.05) is 18.0 Å². The van der Waals surface area contributed by atoms with Gasteiger partial charge in [-0.25, -0.2) is 0 Å². The molecular weight excluding hydrogens is 229 g/mol. The fourth-order valence-corrected chi connectivity index (χ4v) is 2.72. The first-order valence-electron chi connectivity index (χ1n) is 5.71. The molecule has 5 heteroatoms. The van der Waals surface area contributed by atoms with E-state index in [-0.39, 0.29) is 0 Å². The largest absolute Gasteiger partial charge is 0.416 e. The molecule has 1 N–H and O–H groups in total. The molecule has 0 saturated carbocycles. The maximum Gasteiger partial charge on any atom is 0.416 e. The summed E-state index contributed by atoms with van der Waals surface area (Å²) in [5.74, 6) is 0. The topological polar surface area (TPSA) is 15.3 Å². The van der Waals surface area contributed by atoms with Crippen LogP contribution in [0.15, 0.2) is 24.3 Å². The zero-order valence-corrected chi connectivity index (χ0v) is 9.17. The molecule has 2 saturated heterocycles. The molecule has 0 aliphatic carbocycles. The fraction of sp³-hybridized carbons (Fsp3) is 0.500. The molecule has 1 aromatic rings. The number of fused-ring (bicyclic) bond motifs is 2. The predicted molar refractivity (Wildman–Crippen MR) is 59.0 cm³/mol. The van der Waals surface area contributed by atoms with Gasteiger partial charge in [-0.1, -0.05) is 0 Å². The number of halogens is 3. The van der Waals surface area contributed by atoms with E-state index in [4.69, 9.17) is 0 Å². The van der Waals surface area contributed by atoms with E-state index in [0.29, 0.717) is 12.1 Å². The van der Waals surface area contributed by atoms with E-state index in [1.165, 1.54) is 0 Å². The second-order valence-electron chi connectivity index (χ2n) is 4.69. The Labute approximate surface area is 97.4 Å². The Balaban J connectivity index is 1.81. The van der Waals surface area contributed by atoms with Crippen molar-refractivity contribution in [3.05, 3.63) is 29.8 Å². The molecule has 2 aliphatic heterocycles. The van der Waals surface area contributed by atoms with Crippen molar-refractivity contribution < 1.29 is 13.2 Å². The van der Waals surface area contributed by atoms with E-state index in [1.54, 1.807) is 12.1 Å². The van der Waals surface area contributed by atoms with Gasteiger partial charge in [-0.2, -0.15) is 13.2 Å². The quantitative estimate of drug-likeness (QED) is 0.812. The summed E-state index contributed by atoms with van der Waals surface area (Å²) in [7, 11) is 0. The van der Waals surface area contributed by atoms with Crippen molar-refractivity contribution in [1.82, 2.24) is 5.32 Å². The van der Waals surface area contributed by atoms with Crippen molar-refractivity contribution in [2.24, 2.45) is 0 Å². The van der Waals surface area contributed by atoms with Crippen LogP contribution >= 0.6 is 0 Å². The van der Waals surface area contributed by atoms with Crippen LogP contribution in [0.4, 0.5) is 18.9 Å². The van der Waals surface area contributed by atoms with Gasteiger partial charge in [0.25, 0.3) is 0 Å². The molecule has 92 valence electrons. The van der Waals surface area contributed by atoms with Crippen LogP contribution in [-0.4, -0.2) is 25.2 Å². The maximum atomic E-state index is 12.4. The van der Waals surface area contributed by atoms with E-state index >= 15 is 0 Å². The Morgan fingerprint density at radius 2 is 1.88 bits per heavy atom. The number of rotatable bonds is 1. The van der Waals surface area contributed by atoms with Crippen molar-refractivity contribution >= 4 is 5.69 Å². The summed E-state index contributed by atoms with van der Waals surface area (Å²) in [5.41, 5.74) is 0.315. The Kier molecular flexibility index (Phi) is 2.33. The fourth-order valence-electron chi connectivity index (χ4n) is 2.72. The zero-order chi connectivity index (χ0) is 12.0. The number of hydrogen-bond donors (Lipinski definition) is 1. The molecule has 0 amide bonds. The third-order valence-electron chi connectivity index (χ3n) is 3.58. The van der Waals surface area contributed by atoms with Gasteiger partial charge in [0.15, 0.2) is 0 Å². The third-order valence-corrected chi connectivity index (χ3v) is 3.58. The third kappa shape index (κ3) is 1.88. The first-order chi connectivity index (χ1) is 8.04. The van der Waals surface area contributed by atoms with Crippen LogP contribution in [0.3, 0.4) is 0 Å². The number of nitrogens with zero attached hydrogens (tertiary/aromatic N) is 1. The summed E-state index contributed by atoms with van der Waals surface area (Å²) < 4.78 is 37.3. The van der Waals surface area contributed by atoms with E-state index < -0.39 is 11.7 Å². The van der Waals surface area contributed by atoms with Gasteiger partial charge in [0, 0.05) is 30.9 Å². The minimum Gasteiger partial charge on any atom is -0.366 e. The monoisotopic (exact) mass is 242 g/mol. The highest BCUT2D eigenvalue weighted by Gasteiger charge is 2.38. The highest BCUT2D eigenvalue weighted by molar-refractivity contribution is 5.51. The number of nitrogens with one attached hydrogen (secondary N) is 1. The van der Waals surface area contributed by atoms with Gasteiger partial charge in [0.1, 0.15) is 0 Å². The zero-order valence-electron chi connectivity index (χ0n) is 9.17. The molecule has 1 aromatic carbocycles. The minimum atomic E-state index is -4.25. The van der Waals surface area contributed by atoms with Crippen molar-refractivity contribution in [1.29, 1.82) is 0 Å². The highest BCUT2D eigenvalue weighted by Crippen LogP contribution is 2.33. The minimum absolute atomic E-state index is 0.441. The van der Waals surface area contributed by atoms with Crippen LogP contribution in [0.5, 0.6) is 0 Å². The van der Waals surface area contributed by atoms with Gasteiger partial charge >= 0.3 is 6.18 Å². The standard InChI is InChI=1S/C12H13F3N2/c13-12(14,15)8-1-3-10(4-2-8)17-7-9-5-11(17)6-16-9/h1-4,9,11,16H,5-7H2/t9-,11+/m1/s1. The van der Waals surface area contributed by atoms with Gasteiger partial charge in [0.05, 0.1) is 5.56 Å². The lowest BCUT2D eigenvalue weighted by atomic mass is 10.1. The summed E-state index contributed by atoms with van der Waals surface area (Å²) in [5, 5.41) is 3.37. The van der Waals surface area contributed by atoms with E-state index in [2.05, 4.69) is 10.2 Å². The molecule has 0 radical (unpaired) electrons. The Morgan fingerprint density at radius 1 is 1.18 bits per heavy atom. The second-order valence-corrected chi connectivity index (χ2v) is 4.69. The van der Waals surface area contributed by atoms with E-state index in [1.807, 2.05) is 0 Å². The van der Waals surface area contributed by atoms with Crippen molar-refractivity contribution in [2.45, 2.75) is 24.7 Å². The summed E-state index contributed by atoms with van der Waals surface area (Å²) in [4.78, 5) is 2.20. The Morgan fingerprint density at radius 3 is 2.35 bits per heavy atom. The van der Waals surface area contributed by atoms with Crippen molar-refractivity contribution in [3.63, 3.8) is 0 Å². The second kappa shape index (κ2) is 3.63. The molecular formula is C12H13F3N2. The summed E-state index contributed by atoms with van der Waals surface area (Å²) in [6.45, 7) is 1.84. The molecule has 2 nitrogen and oxygen atoms in total. The normalized spacial score (nSPS) is 27.8. The number of benzene rings is 1.